The Morgan fingerprint density at radius 2 is 1.60 bits per heavy atom. The van der Waals surface area contributed by atoms with Gasteiger partial charge < -0.3 is 4.42 Å². The van der Waals surface area contributed by atoms with E-state index >= 15 is 0 Å². The highest BCUT2D eigenvalue weighted by Crippen LogP contribution is 2.45. The van der Waals surface area contributed by atoms with Gasteiger partial charge in [0.05, 0.1) is 12.0 Å². The molecule has 0 radical (unpaired) electrons. The van der Waals surface area contributed by atoms with Crippen LogP contribution in [0.1, 0.15) is 35.9 Å². The molecule has 8 rings (SSSR count). The number of furan rings is 1. The molecule has 0 aliphatic carbocycles. The van der Waals surface area contributed by atoms with Gasteiger partial charge in [0.15, 0.2) is 29.7 Å². The Balaban J connectivity index is 1.36. The van der Waals surface area contributed by atoms with Crippen molar-refractivity contribution in [2.24, 2.45) is 0 Å². The number of aromatic nitrogens is 3. The number of nitrogens with zero attached hydrogens (tertiary/aromatic N) is 3. The number of allylic oxidation sites excluding steroid dienone is 1. The van der Waals surface area contributed by atoms with E-state index in [4.69, 9.17) is 16.0 Å². The largest absolute Gasteiger partial charge is 0.437 e. The quantitative estimate of drug-likeness (QED) is 0.152. The zero-order valence-corrected chi connectivity index (χ0v) is 25.5. The van der Waals surface area contributed by atoms with E-state index in [1.165, 1.54) is 27.7 Å². The zero-order valence-electron chi connectivity index (χ0n) is 24.5. The lowest BCUT2D eigenvalue weighted by molar-refractivity contribution is -0.720. The van der Waals surface area contributed by atoms with Crippen LogP contribution in [-0.4, -0.2) is 13.1 Å². The molecular formula is C37H35N3OSi+2. The first-order valence-corrected chi connectivity index (χ1v) is 18.5. The third kappa shape index (κ3) is 3.83. The van der Waals surface area contributed by atoms with Gasteiger partial charge >= 0.3 is 0 Å². The van der Waals surface area contributed by atoms with Gasteiger partial charge in [0.2, 0.25) is 17.1 Å². The van der Waals surface area contributed by atoms with Gasteiger partial charge in [-0.15, -0.1) is 0 Å². The van der Waals surface area contributed by atoms with Crippen molar-refractivity contribution in [3.8, 4) is 22.5 Å². The average Bonchev–Trinajstić information content (AvgIpc) is 3.38. The predicted octanol–water partition coefficient (Wildman–Crippen LogP) is 7.58. The molecule has 0 spiro atoms. The van der Waals surface area contributed by atoms with E-state index in [9.17, 15) is 0 Å². The molecule has 6 aromatic rings. The lowest BCUT2D eigenvalue weighted by Gasteiger charge is -2.31. The van der Waals surface area contributed by atoms with Crippen molar-refractivity contribution in [2.75, 3.05) is 0 Å². The fourth-order valence-electron chi connectivity index (χ4n) is 7.26. The fraction of sp³-hybridized carbons (Fsp3) is 0.216. The summed E-state index contributed by atoms with van der Waals surface area (Å²) in [7, 11) is -1.58. The van der Waals surface area contributed by atoms with Gasteiger partial charge in [-0.25, -0.2) is 4.98 Å². The Morgan fingerprint density at radius 1 is 0.833 bits per heavy atom. The van der Waals surface area contributed by atoms with Crippen LogP contribution in [0.5, 0.6) is 0 Å². The summed E-state index contributed by atoms with van der Waals surface area (Å²) >= 11 is 0. The third-order valence-electron chi connectivity index (χ3n) is 9.34. The van der Waals surface area contributed by atoms with Gasteiger partial charge in [-0.05, 0) is 60.9 Å². The Hall–Kier alpha value is -4.35. The first-order chi connectivity index (χ1) is 20.4. The fourth-order valence-corrected chi connectivity index (χ4v) is 8.28. The molecule has 4 aromatic heterocycles. The second kappa shape index (κ2) is 9.33. The summed E-state index contributed by atoms with van der Waals surface area (Å²) in [5, 5.41) is 3.39. The van der Waals surface area contributed by atoms with Gasteiger partial charge in [0, 0.05) is 51.8 Å². The summed E-state index contributed by atoms with van der Waals surface area (Å²) in [5.41, 5.74) is 10.4. The van der Waals surface area contributed by atoms with E-state index in [0.717, 1.165) is 58.3 Å². The molecule has 0 N–H and O–H groups in total. The van der Waals surface area contributed by atoms with Crippen molar-refractivity contribution in [3.05, 3.63) is 115 Å². The molecule has 42 heavy (non-hydrogen) atoms. The van der Waals surface area contributed by atoms with E-state index in [2.05, 4.69) is 126 Å². The average molecular weight is 566 g/mol. The molecule has 2 aliphatic rings. The number of fused-ring (bicyclic) bond motifs is 13. The summed E-state index contributed by atoms with van der Waals surface area (Å²) in [6, 6.07) is 31.3. The molecule has 2 unspecified atom stereocenters. The highest BCUT2D eigenvalue weighted by atomic mass is 28.3. The third-order valence-corrected chi connectivity index (χ3v) is 11.2. The second-order valence-corrected chi connectivity index (χ2v) is 17.9. The Kier molecular flexibility index (Phi) is 5.63. The normalized spacial score (nSPS) is 18.1. The van der Waals surface area contributed by atoms with Crippen LogP contribution in [0.4, 0.5) is 0 Å². The number of rotatable bonds is 1. The molecule has 5 heteroatoms. The highest BCUT2D eigenvalue weighted by molar-refractivity contribution is 6.88. The maximum atomic E-state index is 6.72. The number of pyridine rings is 3. The van der Waals surface area contributed by atoms with Gasteiger partial charge in [0.1, 0.15) is 8.07 Å². The highest BCUT2D eigenvalue weighted by Gasteiger charge is 2.42. The topological polar surface area (TPSA) is 33.8 Å². The minimum Gasteiger partial charge on any atom is -0.437 e. The Labute approximate surface area is 247 Å². The number of benzene rings is 2. The van der Waals surface area contributed by atoms with Crippen LogP contribution in [0.25, 0.3) is 50.3 Å². The lowest BCUT2D eigenvalue weighted by atomic mass is 9.77. The molecule has 2 aromatic carbocycles. The molecule has 0 saturated heterocycles. The molecule has 0 bridgehead atoms. The van der Waals surface area contributed by atoms with Crippen molar-refractivity contribution in [3.63, 3.8) is 0 Å². The molecule has 6 heterocycles. The van der Waals surface area contributed by atoms with Crippen molar-refractivity contribution in [1.29, 1.82) is 0 Å². The van der Waals surface area contributed by atoms with E-state index < -0.39 is 8.07 Å². The van der Waals surface area contributed by atoms with Crippen molar-refractivity contribution >= 4 is 41.2 Å². The minimum atomic E-state index is -1.58. The summed E-state index contributed by atoms with van der Waals surface area (Å²) in [6.07, 6.45) is 7.27. The minimum absolute atomic E-state index is 0.282. The van der Waals surface area contributed by atoms with Crippen LogP contribution in [0.3, 0.4) is 0 Å². The first-order valence-electron chi connectivity index (χ1n) is 15.0. The van der Waals surface area contributed by atoms with Crippen LogP contribution < -0.4 is 14.5 Å². The standard InChI is InChI=1S/C37H35N3OSi/c1-24-23-33-28(26-11-5-6-12-27(26)31-13-7-10-22-40(31)33)17-15-25-16-18-29-30-19-20-34(42(2,3)4)38-37(30)41-36(29)35(25)32-14-8-9-21-39(24)32/h5-14,16,18-22,28,33H,1,15,17,23H2,2-4H3/q+2. The van der Waals surface area contributed by atoms with Gasteiger partial charge in [-0.2, -0.15) is 9.13 Å². The molecule has 0 saturated carbocycles. The van der Waals surface area contributed by atoms with E-state index in [1.807, 2.05) is 0 Å². The van der Waals surface area contributed by atoms with Gasteiger partial charge in [-0.1, -0.05) is 50.0 Å². The maximum Gasteiger partial charge on any atom is 0.227 e. The molecular weight excluding hydrogens is 531 g/mol. The van der Waals surface area contributed by atoms with Crippen LogP contribution in [0.2, 0.25) is 19.6 Å². The molecule has 0 amide bonds. The number of aryl methyl sites for hydroxylation is 1. The van der Waals surface area contributed by atoms with Crippen LogP contribution >= 0.6 is 0 Å². The lowest BCUT2D eigenvalue weighted by Crippen LogP contribution is -2.49. The van der Waals surface area contributed by atoms with Crippen LogP contribution in [-0.2, 0) is 6.42 Å². The summed E-state index contributed by atoms with van der Waals surface area (Å²) in [4.78, 5) is 5.05. The first kappa shape index (κ1) is 25.4. The molecule has 0 fully saturated rings. The van der Waals surface area contributed by atoms with Crippen molar-refractivity contribution < 1.29 is 13.6 Å². The van der Waals surface area contributed by atoms with Gasteiger partial charge in [-0.3, -0.25) is 0 Å². The molecule has 4 nitrogen and oxygen atoms in total. The van der Waals surface area contributed by atoms with E-state index in [1.54, 1.807) is 0 Å². The zero-order chi connectivity index (χ0) is 28.6. The van der Waals surface area contributed by atoms with Crippen molar-refractivity contribution in [2.45, 2.75) is 50.9 Å². The monoisotopic (exact) mass is 565 g/mol. The molecule has 2 aliphatic heterocycles. The smallest absolute Gasteiger partial charge is 0.227 e. The predicted molar refractivity (Wildman–Crippen MR) is 172 cm³/mol. The summed E-state index contributed by atoms with van der Waals surface area (Å²) < 4.78 is 11.5. The maximum absolute atomic E-state index is 6.72. The Bertz CT molecular complexity index is 2050. The SMILES string of the molecule is C=C1CC2C(CCc3ccc4c(oc5nc([Si](C)(C)C)ccc54)c3-c3cccc[n+]31)c1ccccc1-c1cccc[n+]12. The van der Waals surface area contributed by atoms with Crippen LogP contribution in [0.15, 0.2) is 108 Å². The summed E-state index contributed by atoms with van der Waals surface area (Å²) in [6.45, 7) is 11.7. The Morgan fingerprint density at radius 3 is 2.45 bits per heavy atom. The van der Waals surface area contributed by atoms with Crippen LogP contribution in [0, 0.1) is 0 Å². The number of hydrogen-bond acceptors (Lipinski definition) is 2. The van der Waals surface area contributed by atoms with Gasteiger partial charge in [0.25, 0.3) is 0 Å². The molecule has 206 valence electrons. The van der Waals surface area contributed by atoms with Crippen molar-refractivity contribution in [1.82, 2.24) is 4.98 Å². The molecule has 2 atom stereocenters. The van der Waals surface area contributed by atoms with E-state index in [0.29, 0.717) is 5.92 Å². The van der Waals surface area contributed by atoms with E-state index in [-0.39, 0.29) is 6.04 Å². The number of hydrogen-bond donors (Lipinski definition) is 0. The second-order valence-electron chi connectivity index (χ2n) is 12.9. The summed E-state index contributed by atoms with van der Waals surface area (Å²) in [5.74, 6) is 0.365.